The second-order valence-corrected chi connectivity index (χ2v) is 5.69. The van der Waals surface area contributed by atoms with Crippen LogP contribution in [-0.2, 0) is 0 Å². The fourth-order valence-electron chi connectivity index (χ4n) is 3.04. The molecule has 2 aromatic rings. The van der Waals surface area contributed by atoms with Gasteiger partial charge in [-0.25, -0.2) is 4.39 Å². The maximum absolute atomic E-state index is 13.1. The van der Waals surface area contributed by atoms with Crippen LogP contribution < -0.4 is 5.73 Å². The highest BCUT2D eigenvalue weighted by atomic mass is 35.5. The van der Waals surface area contributed by atoms with Gasteiger partial charge in [-0.3, -0.25) is 4.79 Å². The van der Waals surface area contributed by atoms with Gasteiger partial charge in [-0.15, -0.1) is 12.4 Å². The van der Waals surface area contributed by atoms with Crippen molar-refractivity contribution in [2.24, 2.45) is 0 Å². The molecule has 1 heterocycles. The highest BCUT2D eigenvalue weighted by Crippen LogP contribution is 2.32. The zero-order chi connectivity index (χ0) is 15.5. The Balaban J connectivity index is 0.00000192. The summed E-state index contributed by atoms with van der Waals surface area (Å²) < 4.78 is 13.1. The quantitative estimate of drug-likeness (QED) is 0.837. The van der Waals surface area contributed by atoms with Crippen LogP contribution in [0, 0.1) is 5.82 Å². The van der Waals surface area contributed by atoms with Crippen molar-refractivity contribution in [3.05, 3.63) is 65.5 Å². The van der Waals surface area contributed by atoms with Gasteiger partial charge in [-0.05, 0) is 55.2 Å². The first-order valence-corrected chi connectivity index (χ1v) is 7.57. The van der Waals surface area contributed by atoms with Gasteiger partial charge in [0.1, 0.15) is 5.82 Å². The SMILES string of the molecule is Cl.Nc1cccc(C(=O)N2CCCCC2c2ccc(F)cc2)c1. The third-order valence-corrected chi connectivity index (χ3v) is 4.15. The van der Waals surface area contributed by atoms with Crippen LogP contribution in [0.5, 0.6) is 0 Å². The largest absolute Gasteiger partial charge is 0.399 e. The molecule has 1 fully saturated rings. The molecule has 3 nitrogen and oxygen atoms in total. The molecule has 0 radical (unpaired) electrons. The Morgan fingerprint density at radius 3 is 2.57 bits per heavy atom. The number of benzene rings is 2. The summed E-state index contributed by atoms with van der Waals surface area (Å²) >= 11 is 0. The van der Waals surface area contributed by atoms with Gasteiger partial charge in [0.25, 0.3) is 5.91 Å². The maximum Gasteiger partial charge on any atom is 0.254 e. The molecule has 23 heavy (non-hydrogen) atoms. The smallest absolute Gasteiger partial charge is 0.254 e. The number of hydrogen-bond acceptors (Lipinski definition) is 2. The predicted octanol–water partition coefficient (Wildman–Crippen LogP) is 4.20. The van der Waals surface area contributed by atoms with Crippen LogP contribution in [0.2, 0.25) is 0 Å². The van der Waals surface area contributed by atoms with Crippen LogP contribution >= 0.6 is 12.4 Å². The van der Waals surface area contributed by atoms with E-state index in [0.717, 1.165) is 31.4 Å². The molecule has 122 valence electrons. The maximum atomic E-state index is 13.1. The highest BCUT2D eigenvalue weighted by Gasteiger charge is 2.28. The first kappa shape index (κ1) is 17.3. The van der Waals surface area contributed by atoms with Crippen molar-refractivity contribution in [1.82, 2.24) is 4.90 Å². The summed E-state index contributed by atoms with van der Waals surface area (Å²) in [5.41, 5.74) is 7.95. The lowest BCUT2D eigenvalue weighted by molar-refractivity contribution is 0.0611. The van der Waals surface area contributed by atoms with Crippen LogP contribution in [0.4, 0.5) is 10.1 Å². The fraction of sp³-hybridized carbons (Fsp3) is 0.278. The van der Waals surface area contributed by atoms with Gasteiger partial charge in [0.15, 0.2) is 0 Å². The molecule has 1 aliphatic rings. The van der Waals surface area contributed by atoms with E-state index in [-0.39, 0.29) is 30.2 Å². The molecule has 1 atom stereocenters. The lowest BCUT2D eigenvalue weighted by Gasteiger charge is -2.36. The van der Waals surface area contributed by atoms with Gasteiger partial charge in [0.2, 0.25) is 0 Å². The summed E-state index contributed by atoms with van der Waals surface area (Å²) in [6.07, 6.45) is 2.97. The Labute approximate surface area is 141 Å². The number of nitrogens with two attached hydrogens (primary N) is 1. The lowest BCUT2D eigenvalue weighted by atomic mass is 9.94. The fourth-order valence-corrected chi connectivity index (χ4v) is 3.04. The van der Waals surface area contributed by atoms with Gasteiger partial charge in [-0.2, -0.15) is 0 Å². The molecule has 2 aromatic carbocycles. The van der Waals surface area contributed by atoms with Crippen molar-refractivity contribution in [3.63, 3.8) is 0 Å². The van der Waals surface area contributed by atoms with E-state index < -0.39 is 0 Å². The second kappa shape index (κ2) is 7.47. The molecule has 1 amide bonds. The van der Waals surface area contributed by atoms with Crippen LogP contribution in [0.25, 0.3) is 0 Å². The molecule has 0 bridgehead atoms. The van der Waals surface area contributed by atoms with E-state index in [1.54, 1.807) is 36.4 Å². The molecular formula is C18H20ClFN2O. The number of anilines is 1. The number of halogens is 2. The molecule has 5 heteroatoms. The number of amides is 1. The van der Waals surface area contributed by atoms with Crippen molar-refractivity contribution in [2.75, 3.05) is 12.3 Å². The zero-order valence-electron chi connectivity index (χ0n) is 12.7. The molecule has 0 aliphatic carbocycles. The van der Waals surface area contributed by atoms with Crippen molar-refractivity contribution in [2.45, 2.75) is 25.3 Å². The molecular weight excluding hydrogens is 315 g/mol. The normalized spacial score (nSPS) is 17.4. The monoisotopic (exact) mass is 334 g/mol. The molecule has 0 aromatic heterocycles. The first-order valence-electron chi connectivity index (χ1n) is 7.57. The minimum absolute atomic E-state index is 0. The molecule has 1 unspecified atom stereocenters. The summed E-state index contributed by atoms with van der Waals surface area (Å²) in [6, 6.07) is 13.5. The Morgan fingerprint density at radius 1 is 1.13 bits per heavy atom. The van der Waals surface area contributed by atoms with Crippen molar-refractivity contribution in [3.8, 4) is 0 Å². The molecule has 0 spiro atoms. The Morgan fingerprint density at radius 2 is 1.87 bits per heavy atom. The average Bonchev–Trinajstić information content (AvgIpc) is 2.55. The summed E-state index contributed by atoms with van der Waals surface area (Å²) in [7, 11) is 0. The number of hydrogen-bond donors (Lipinski definition) is 1. The number of nitrogen functional groups attached to an aromatic ring is 1. The van der Waals surface area contributed by atoms with Gasteiger partial charge in [-0.1, -0.05) is 18.2 Å². The third kappa shape index (κ3) is 3.82. The summed E-state index contributed by atoms with van der Waals surface area (Å²) in [4.78, 5) is 14.7. The van der Waals surface area contributed by atoms with E-state index in [4.69, 9.17) is 5.73 Å². The van der Waals surface area contributed by atoms with E-state index in [2.05, 4.69) is 0 Å². The van der Waals surface area contributed by atoms with Crippen LogP contribution in [-0.4, -0.2) is 17.4 Å². The van der Waals surface area contributed by atoms with E-state index in [1.807, 2.05) is 4.90 Å². The number of carbonyl (C=O) groups is 1. The predicted molar refractivity (Wildman–Crippen MR) is 92.1 cm³/mol. The van der Waals surface area contributed by atoms with E-state index >= 15 is 0 Å². The summed E-state index contributed by atoms with van der Waals surface area (Å²) in [5.74, 6) is -0.269. The zero-order valence-corrected chi connectivity index (χ0v) is 13.6. The molecule has 0 saturated carbocycles. The Bertz CT molecular complexity index is 675. The number of piperidine rings is 1. The van der Waals surface area contributed by atoms with Crippen LogP contribution in [0.3, 0.4) is 0 Å². The van der Waals surface area contributed by atoms with Crippen molar-refractivity contribution >= 4 is 24.0 Å². The van der Waals surface area contributed by atoms with E-state index in [0.29, 0.717) is 11.3 Å². The third-order valence-electron chi connectivity index (χ3n) is 4.15. The second-order valence-electron chi connectivity index (χ2n) is 5.69. The van der Waals surface area contributed by atoms with Crippen molar-refractivity contribution < 1.29 is 9.18 Å². The Hall–Kier alpha value is -2.07. The number of nitrogens with zero attached hydrogens (tertiary/aromatic N) is 1. The molecule has 1 saturated heterocycles. The van der Waals surface area contributed by atoms with Gasteiger partial charge in [0, 0.05) is 17.8 Å². The van der Waals surface area contributed by atoms with Gasteiger partial charge >= 0.3 is 0 Å². The van der Waals surface area contributed by atoms with E-state index in [9.17, 15) is 9.18 Å². The number of rotatable bonds is 2. The molecule has 1 aliphatic heterocycles. The molecule has 2 N–H and O–H groups in total. The lowest BCUT2D eigenvalue weighted by Crippen LogP contribution is -2.38. The topological polar surface area (TPSA) is 46.3 Å². The molecule has 3 rings (SSSR count). The van der Waals surface area contributed by atoms with Gasteiger partial charge in [0.05, 0.1) is 6.04 Å². The minimum Gasteiger partial charge on any atom is -0.399 e. The summed E-state index contributed by atoms with van der Waals surface area (Å²) in [6.45, 7) is 0.718. The van der Waals surface area contributed by atoms with Crippen molar-refractivity contribution in [1.29, 1.82) is 0 Å². The standard InChI is InChI=1S/C18H19FN2O.ClH/c19-15-9-7-13(8-10-15)17-6-1-2-11-21(17)18(22)14-4-3-5-16(20)12-14;/h3-5,7-10,12,17H,1-2,6,11,20H2;1H. The minimum atomic E-state index is -0.256. The summed E-state index contributed by atoms with van der Waals surface area (Å²) in [5, 5.41) is 0. The first-order chi connectivity index (χ1) is 10.6. The van der Waals surface area contributed by atoms with Gasteiger partial charge < -0.3 is 10.6 Å². The number of carbonyl (C=O) groups excluding carboxylic acids is 1. The average molecular weight is 335 g/mol. The van der Waals surface area contributed by atoms with Crippen LogP contribution in [0.1, 0.15) is 41.2 Å². The van der Waals surface area contributed by atoms with Crippen LogP contribution in [0.15, 0.2) is 48.5 Å². The van der Waals surface area contributed by atoms with E-state index in [1.165, 1.54) is 12.1 Å². The Kier molecular flexibility index (Phi) is 5.61. The number of likely N-dealkylation sites (tertiary alicyclic amines) is 1. The highest BCUT2D eigenvalue weighted by molar-refractivity contribution is 5.95.